The monoisotopic (exact) mass is 477 g/mol. The molecule has 0 fully saturated rings. The maximum Gasteiger partial charge on any atom is 0.345 e. The van der Waals surface area contributed by atoms with Crippen molar-refractivity contribution in [2.24, 2.45) is 0 Å². The van der Waals surface area contributed by atoms with Gasteiger partial charge in [-0.25, -0.2) is 13.6 Å². The molecule has 7 nitrogen and oxygen atoms in total. The Morgan fingerprint density at radius 1 is 1.06 bits per heavy atom. The summed E-state index contributed by atoms with van der Waals surface area (Å²) in [5, 5.41) is 12.3. The quantitative estimate of drug-likeness (QED) is 0.372. The molecule has 4 aromatic rings. The van der Waals surface area contributed by atoms with E-state index in [1.54, 1.807) is 55.5 Å². The van der Waals surface area contributed by atoms with Crippen LogP contribution in [0.2, 0.25) is 0 Å². The fourth-order valence-electron chi connectivity index (χ4n) is 3.39. The molecule has 0 saturated heterocycles. The predicted molar refractivity (Wildman–Crippen MR) is 126 cm³/mol. The number of carbonyl (C=O) groups excluding carboxylic acids is 1. The first kappa shape index (κ1) is 23.6. The number of H-pyrrole nitrogens is 1. The number of halogens is 2. The van der Waals surface area contributed by atoms with Gasteiger partial charge in [0.2, 0.25) is 0 Å². The normalized spacial score (nSPS) is 10.7. The maximum atomic E-state index is 13.7. The van der Waals surface area contributed by atoms with Crippen molar-refractivity contribution in [2.75, 3.05) is 6.61 Å². The van der Waals surface area contributed by atoms with Crippen molar-refractivity contribution < 1.29 is 23.4 Å². The number of aryl methyl sites for hydroxylation is 1. The molecule has 0 unspecified atom stereocenters. The Labute approximate surface area is 199 Å². The smallest absolute Gasteiger partial charge is 0.345 e. The number of hydrogen-bond acceptors (Lipinski definition) is 5. The average Bonchev–Trinajstić information content (AvgIpc) is 2.83. The lowest BCUT2D eigenvalue weighted by atomic mass is 10.1. The van der Waals surface area contributed by atoms with Crippen molar-refractivity contribution in [1.29, 1.82) is 0 Å². The highest BCUT2D eigenvalue weighted by molar-refractivity contribution is 5.77. The van der Waals surface area contributed by atoms with Crippen molar-refractivity contribution in [3.8, 4) is 34.0 Å². The molecule has 0 aliphatic heterocycles. The van der Waals surface area contributed by atoms with Gasteiger partial charge < -0.3 is 20.1 Å². The third-order valence-corrected chi connectivity index (χ3v) is 5.24. The number of carbonyl (C=O) groups is 1. The van der Waals surface area contributed by atoms with Crippen molar-refractivity contribution in [3.05, 3.63) is 100.0 Å². The van der Waals surface area contributed by atoms with E-state index in [1.807, 2.05) is 0 Å². The highest BCUT2D eigenvalue weighted by atomic mass is 19.1. The second kappa shape index (κ2) is 10.2. The Hall–Kier alpha value is -4.53. The van der Waals surface area contributed by atoms with Gasteiger partial charge in [-0.2, -0.15) is 4.98 Å². The summed E-state index contributed by atoms with van der Waals surface area (Å²) in [5.41, 5.74) is 2.51. The van der Waals surface area contributed by atoms with Crippen LogP contribution in [0.3, 0.4) is 0 Å². The summed E-state index contributed by atoms with van der Waals surface area (Å²) in [6.45, 7) is 1.32. The molecular formula is C26H21F2N3O4. The van der Waals surface area contributed by atoms with Gasteiger partial charge in [0, 0.05) is 23.7 Å². The number of aromatic nitrogens is 2. The second-order valence-electron chi connectivity index (χ2n) is 7.82. The predicted octanol–water partition coefficient (Wildman–Crippen LogP) is 4.09. The molecule has 0 atom stereocenters. The Bertz CT molecular complexity index is 1450. The number of aromatic hydroxyl groups is 1. The number of benzene rings is 3. The zero-order valence-corrected chi connectivity index (χ0v) is 18.6. The number of amides is 1. The second-order valence-corrected chi connectivity index (χ2v) is 7.82. The molecule has 0 aliphatic carbocycles. The number of aromatic amines is 1. The standard InChI is InChI=1S/C26H21F2N3O4/c1-15-9-17(6-8-24(15)32)23-12-22(30-26(34)31-23)16-3-2-4-20(10-16)35-14-25(33)29-13-18-5-7-19(27)11-21(18)28/h2-12,32H,13-14H2,1H3,(H,29,33)(H,30,31,34). The van der Waals surface area contributed by atoms with E-state index in [9.17, 15) is 23.5 Å². The number of rotatable bonds is 7. The lowest BCUT2D eigenvalue weighted by Crippen LogP contribution is -2.28. The summed E-state index contributed by atoms with van der Waals surface area (Å²) in [6.07, 6.45) is 0. The highest BCUT2D eigenvalue weighted by Crippen LogP contribution is 2.27. The molecule has 0 spiro atoms. The zero-order valence-electron chi connectivity index (χ0n) is 18.6. The summed E-state index contributed by atoms with van der Waals surface area (Å²) in [4.78, 5) is 31.0. The molecular weight excluding hydrogens is 456 g/mol. The minimum absolute atomic E-state index is 0.107. The molecule has 1 aromatic heterocycles. The van der Waals surface area contributed by atoms with Crippen molar-refractivity contribution >= 4 is 5.91 Å². The molecule has 0 saturated carbocycles. The average molecular weight is 477 g/mol. The van der Waals surface area contributed by atoms with Crippen LogP contribution >= 0.6 is 0 Å². The number of hydrogen-bond donors (Lipinski definition) is 3. The third kappa shape index (κ3) is 5.89. The summed E-state index contributed by atoms with van der Waals surface area (Å²) in [6, 6.07) is 16.6. The van der Waals surface area contributed by atoms with E-state index in [-0.39, 0.29) is 24.5 Å². The van der Waals surface area contributed by atoms with Crippen LogP contribution in [0, 0.1) is 18.6 Å². The molecule has 3 aromatic carbocycles. The fourth-order valence-corrected chi connectivity index (χ4v) is 3.39. The van der Waals surface area contributed by atoms with Gasteiger partial charge in [-0.3, -0.25) is 4.79 Å². The topological polar surface area (TPSA) is 104 Å². The number of nitrogens with one attached hydrogen (secondary N) is 2. The largest absolute Gasteiger partial charge is 0.508 e. The van der Waals surface area contributed by atoms with Gasteiger partial charge >= 0.3 is 5.69 Å². The van der Waals surface area contributed by atoms with Crippen molar-refractivity contribution in [2.45, 2.75) is 13.5 Å². The number of ether oxygens (including phenoxy) is 1. The van der Waals surface area contributed by atoms with Crippen LogP contribution in [-0.2, 0) is 11.3 Å². The summed E-state index contributed by atoms with van der Waals surface area (Å²) in [7, 11) is 0. The Morgan fingerprint density at radius 3 is 2.66 bits per heavy atom. The van der Waals surface area contributed by atoms with Crippen LogP contribution < -0.4 is 15.7 Å². The lowest BCUT2D eigenvalue weighted by molar-refractivity contribution is -0.123. The highest BCUT2D eigenvalue weighted by Gasteiger charge is 2.10. The minimum atomic E-state index is -0.744. The van der Waals surface area contributed by atoms with Crippen LogP contribution in [0.25, 0.3) is 22.5 Å². The lowest BCUT2D eigenvalue weighted by Gasteiger charge is -2.10. The van der Waals surface area contributed by atoms with Gasteiger partial charge in [-0.05, 0) is 60.5 Å². The van der Waals surface area contributed by atoms with E-state index in [2.05, 4.69) is 15.3 Å². The fraction of sp³-hybridized carbons (Fsp3) is 0.115. The molecule has 35 heavy (non-hydrogen) atoms. The molecule has 9 heteroatoms. The van der Waals surface area contributed by atoms with E-state index in [0.29, 0.717) is 33.8 Å². The molecule has 1 heterocycles. The van der Waals surface area contributed by atoms with Gasteiger partial charge in [-0.15, -0.1) is 0 Å². The van der Waals surface area contributed by atoms with Gasteiger partial charge in [0.1, 0.15) is 23.1 Å². The van der Waals surface area contributed by atoms with Crippen LogP contribution in [0.5, 0.6) is 11.5 Å². The van der Waals surface area contributed by atoms with Gasteiger partial charge in [0.25, 0.3) is 5.91 Å². The van der Waals surface area contributed by atoms with E-state index < -0.39 is 23.2 Å². The number of nitrogens with zero attached hydrogens (tertiary/aromatic N) is 1. The van der Waals surface area contributed by atoms with Crippen LogP contribution in [0.1, 0.15) is 11.1 Å². The molecule has 0 aliphatic rings. The molecule has 178 valence electrons. The zero-order chi connectivity index (χ0) is 24.9. The molecule has 0 bridgehead atoms. The van der Waals surface area contributed by atoms with Gasteiger partial charge in [0.15, 0.2) is 6.61 Å². The first-order valence-corrected chi connectivity index (χ1v) is 10.6. The van der Waals surface area contributed by atoms with Gasteiger partial charge in [0.05, 0.1) is 11.4 Å². The number of phenolic OH excluding ortho intramolecular Hbond substituents is 1. The summed E-state index contributed by atoms with van der Waals surface area (Å²) in [5.74, 6) is -1.40. The van der Waals surface area contributed by atoms with Crippen molar-refractivity contribution in [1.82, 2.24) is 15.3 Å². The minimum Gasteiger partial charge on any atom is -0.508 e. The van der Waals surface area contributed by atoms with E-state index in [1.165, 1.54) is 6.07 Å². The summed E-state index contributed by atoms with van der Waals surface area (Å²) < 4.78 is 32.2. The van der Waals surface area contributed by atoms with Gasteiger partial charge in [-0.1, -0.05) is 18.2 Å². The number of phenols is 1. The summed E-state index contributed by atoms with van der Waals surface area (Å²) >= 11 is 0. The SMILES string of the molecule is Cc1cc(-c2cc(-c3cccc(OCC(=O)NCc4ccc(F)cc4F)c3)nc(=O)[nH]2)ccc1O. The Kier molecular flexibility index (Phi) is 6.86. The third-order valence-electron chi connectivity index (χ3n) is 5.24. The van der Waals surface area contributed by atoms with E-state index in [4.69, 9.17) is 4.74 Å². The molecule has 1 amide bonds. The van der Waals surface area contributed by atoms with Crippen molar-refractivity contribution in [3.63, 3.8) is 0 Å². The van der Waals surface area contributed by atoms with Crippen LogP contribution in [0.4, 0.5) is 8.78 Å². The molecule has 3 N–H and O–H groups in total. The first-order chi connectivity index (χ1) is 16.8. The van der Waals surface area contributed by atoms with Crippen LogP contribution in [0.15, 0.2) is 71.5 Å². The first-order valence-electron chi connectivity index (χ1n) is 10.6. The van der Waals surface area contributed by atoms with Crippen LogP contribution in [-0.4, -0.2) is 27.6 Å². The molecule has 0 radical (unpaired) electrons. The van der Waals surface area contributed by atoms with E-state index >= 15 is 0 Å². The van der Waals surface area contributed by atoms with E-state index in [0.717, 1.165) is 12.1 Å². The Balaban J connectivity index is 1.45. The Morgan fingerprint density at radius 2 is 1.89 bits per heavy atom. The maximum absolute atomic E-state index is 13.7. The molecule has 4 rings (SSSR count).